The van der Waals surface area contributed by atoms with E-state index in [2.05, 4.69) is 10.3 Å². The SMILES string of the molecule is COc1ccc(C)cc1NC(=O)c1c(C)nc2cc(Cl)ccn12. The number of aryl methyl sites for hydroxylation is 2. The molecule has 2 heterocycles. The Balaban J connectivity index is 2.02. The van der Waals surface area contributed by atoms with Gasteiger partial charge in [0.15, 0.2) is 0 Å². The minimum absolute atomic E-state index is 0.249. The zero-order chi connectivity index (χ0) is 16.6. The van der Waals surface area contributed by atoms with Gasteiger partial charge in [0.05, 0.1) is 18.5 Å². The molecule has 0 atom stereocenters. The summed E-state index contributed by atoms with van der Waals surface area (Å²) in [6.07, 6.45) is 1.74. The van der Waals surface area contributed by atoms with Gasteiger partial charge in [0.2, 0.25) is 0 Å². The minimum Gasteiger partial charge on any atom is -0.495 e. The quantitative estimate of drug-likeness (QED) is 0.793. The predicted octanol–water partition coefficient (Wildman–Crippen LogP) is 3.87. The lowest BCUT2D eigenvalue weighted by molar-refractivity contribution is 0.102. The highest BCUT2D eigenvalue weighted by Gasteiger charge is 2.18. The molecule has 0 fully saturated rings. The van der Waals surface area contributed by atoms with Crippen LogP contribution in [-0.2, 0) is 0 Å². The zero-order valence-corrected chi connectivity index (χ0v) is 13.8. The van der Waals surface area contributed by atoms with Crippen molar-refractivity contribution in [3.8, 4) is 5.75 Å². The Bertz CT molecular complexity index is 902. The molecule has 0 unspecified atom stereocenters. The van der Waals surface area contributed by atoms with Gasteiger partial charge in [0, 0.05) is 17.3 Å². The molecule has 0 radical (unpaired) electrons. The van der Waals surface area contributed by atoms with Crippen molar-refractivity contribution >= 4 is 28.8 Å². The smallest absolute Gasteiger partial charge is 0.274 e. The molecule has 2 aromatic heterocycles. The van der Waals surface area contributed by atoms with Crippen LogP contribution in [0.15, 0.2) is 36.5 Å². The Morgan fingerprint density at radius 3 is 2.78 bits per heavy atom. The van der Waals surface area contributed by atoms with Crippen molar-refractivity contribution in [3.63, 3.8) is 0 Å². The first-order valence-electron chi connectivity index (χ1n) is 7.10. The molecule has 3 aromatic rings. The summed E-state index contributed by atoms with van der Waals surface area (Å²) >= 11 is 5.98. The summed E-state index contributed by atoms with van der Waals surface area (Å²) in [4.78, 5) is 17.1. The van der Waals surface area contributed by atoms with E-state index in [0.717, 1.165) is 5.56 Å². The molecule has 118 valence electrons. The summed E-state index contributed by atoms with van der Waals surface area (Å²) in [5.74, 6) is 0.361. The summed E-state index contributed by atoms with van der Waals surface area (Å²) in [7, 11) is 1.57. The Hall–Kier alpha value is -2.53. The molecule has 0 spiro atoms. The third kappa shape index (κ3) is 2.87. The molecule has 0 bridgehead atoms. The van der Waals surface area contributed by atoms with E-state index in [-0.39, 0.29) is 5.91 Å². The molecule has 1 N–H and O–H groups in total. The second kappa shape index (κ2) is 5.93. The second-order valence-corrected chi connectivity index (χ2v) is 5.71. The van der Waals surface area contributed by atoms with Crippen LogP contribution in [0.4, 0.5) is 5.69 Å². The highest BCUT2D eigenvalue weighted by atomic mass is 35.5. The molecular formula is C17H16ClN3O2. The highest BCUT2D eigenvalue weighted by molar-refractivity contribution is 6.30. The first kappa shape index (κ1) is 15.4. The molecule has 23 heavy (non-hydrogen) atoms. The third-order valence-electron chi connectivity index (χ3n) is 3.58. The maximum Gasteiger partial charge on any atom is 0.274 e. The first-order valence-corrected chi connectivity index (χ1v) is 7.47. The van der Waals surface area contributed by atoms with Crippen molar-refractivity contribution in [3.05, 3.63) is 58.5 Å². The van der Waals surface area contributed by atoms with Gasteiger partial charge in [-0.1, -0.05) is 17.7 Å². The fourth-order valence-corrected chi connectivity index (χ4v) is 2.67. The van der Waals surface area contributed by atoms with Crippen molar-refractivity contribution in [2.45, 2.75) is 13.8 Å². The van der Waals surface area contributed by atoms with E-state index in [1.54, 1.807) is 36.8 Å². The summed E-state index contributed by atoms with van der Waals surface area (Å²) in [5, 5.41) is 3.47. The van der Waals surface area contributed by atoms with Gasteiger partial charge < -0.3 is 10.1 Å². The van der Waals surface area contributed by atoms with Gasteiger partial charge in [-0.25, -0.2) is 4.98 Å². The van der Waals surface area contributed by atoms with Crippen molar-refractivity contribution < 1.29 is 9.53 Å². The Morgan fingerprint density at radius 1 is 1.26 bits per heavy atom. The van der Waals surface area contributed by atoms with E-state index in [0.29, 0.717) is 33.5 Å². The average molecular weight is 330 g/mol. The fraction of sp³-hybridized carbons (Fsp3) is 0.176. The van der Waals surface area contributed by atoms with Crippen LogP contribution in [0.1, 0.15) is 21.7 Å². The molecule has 0 saturated carbocycles. The van der Waals surface area contributed by atoms with Crippen LogP contribution < -0.4 is 10.1 Å². The maximum absolute atomic E-state index is 12.7. The van der Waals surface area contributed by atoms with Gasteiger partial charge in [-0.15, -0.1) is 0 Å². The number of methoxy groups -OCH3 is 1. The third-order valence-corrected chi connectivity index (χ3v) is 3.82. The van der Waals surface area contributed by atoms with E-state index in [4.69, 9.17) is 16.3 Å². The number of rotatable bonds is 3. The number of nitrogens with one attached hydrogen (secondary N) is 1. The molecule has 1 aromatic carbocycles. The standard InChI is InChI=1S/C17H16ClN3O2/c1-10-4-5-14(23-3)13(8-10)20-17(22)16-11(2)19-15-9-12(18)6-7-21(15)16/h4-9H,1-3H3,(H,20,22). The van der Waals surface area contributed by atoms with Crippen molar-refractivity contribution in [1.29, 1.82) is 0 Å². The van der Waals surface area contributed by atoms with Crippen molar-refractivity contribution in [2.75, 3.05) is 12.4 Å². The van der Waals surface area contributed by atoms with Crippen molar-refractivity contribution in [1.82, 2.24) is 9.38 Å². The number of pyridine rings is 1. The predicted molar refractivity (Wildman–Crippen MR) is 90.6 cm³/mol. The molecule has 5 nitrogen and oxygen atoms in total. The summed E-state index contributed by atoms with van der Waals surface area (Å²) < 4.78 is 7.02. The number of amides is 1. The molecule has 0 aliphatic heterocycles. The van der Waals surface area contributed by atoms with E-state index in [1.165, 1.54) is 0 Å². The fourth-order valence-electron chi connectivity index (χ4n) is 2.51. The number of ether oxygens (including phenoxy) is 1. The molecular weight excluding hydrogens is 314 g/mol. The van der Waals surface area contributed by atoms with Crippen LogP contribution >= 0.6 is 11.6 Å². The topological polar surface area (TPSA) is 55.6 Å². The number of halogens is 1. The molecule has 3 rings (SSSR count). The number of hydrogen-bond donors (Lipinski definition) is 1. The molecule has 0 saturated heterocycles. The number of anilines is 1. The summed E-state index contributed by atoms with van der Waals surface area (Å²) in [6, 6.07) is 9.06. The number of benzene rings is 1. The molecule has 0 aliphatic rings. The molecule has 1 amide bonds. The number of carbonyl (C=O) groups excluding carboxylic acids is 1. The number of hydrogen-bond acceptors (Lipinski definition) is 3. The van der Waals surface area contributed by atoms with Crippen LogP contribution in [-0.4, -0.2) is 22.4 Å². The average Bonchev–Trinajstić information content (AvgIpc) is 2.82. The van der Waals surface area contributed by atoms with Crippen LogP contribution in [0, 0.1) is 13.8 Å². The van der Waals surface area contributed by atoms with Crippen LogP contribution in [0.3, 0.4) is 0 Å². The Kier molecular flexibility index (Phi) is 3.96. The van der Waals surface area contributed by atoms with E-state index in [9.17, 15) is 4.79 Å². The van der Waals surface area contributed by atoms with Gasteiger partial charge >= 0.3 is 0 Å². The maximum atomic E-state index is 12.7. The molecule has 0 aliphatic carbocycles. The number of aromatic nitrogens is 2. The van der Waals surface area contributed by atoms with Gasteiger partial charge in [-0.2, -0.15) is 0 Å². The molecule has 6 heteroatoms. The van der Waals surface area contributed by atoms with Gasteiger partial charge in [-0.05, 0) is 37.6 Å². The minimum atomic E-state index is -0.249. The van der Waals surface area contributed by atoms with Gasteiger partial charge in [0.1, 0.15) is 17.1 Å². The van der Waals surface area contributed by atoms with Crippen LogP contribution in [0.25, 0.3) is 5.65 Å². The van der Waals surface area contributed by atoms with Crippen LogP contribution in [0.2, 0.25) is 5.02 Å². The number of fused-ring (bicyclic) bond motifs is 1. The second-order valence-electron chi connectivity index (χ2n) is 5.28. The highest BCUT2D eigenvalue weighted by Crippen LogP contribution is 2.26. The van der Waals surface area contributed by atoms with Gasteiger partial charge in [-0.3, -0.25) is 9.20 Å². The lowest BCUT2D eigenvalue weighted by atomic mass is 10.2. The Labute approximate surface area is 138 Å². The lowest BCUT2D eigenvalue weighted by Crippen LogP contribution is -2.16. The monoisotopic (exact) mass is 329 g/mol. The Morgan fingerprint density at radius 2 is 2.04 bits per heavy atom. The number of imidazole rings is 1. The normalized spacial score (nSPS) is 10.8. The summed E-state index contributed by atoms with van der Waals surface area (Å²) in [5.41, 5.74) is 3.40. The van der Waals surface area contributed by atoms with E-state index in [1.807, 2.05) is 25.1 Å². The van der Waals surface area contributed by atoms with Crippen molar-refractivity contribution in [2.24, 2.45) is 0 Å². The first-order chi connectivity index (χ1) is 11.0. The zero-order valence-electron chi connectivity index (χ0n) is 13.1. The van der Waals surface area contributed by atoms with E-state index < -0.39 is 0 Å². The number of nitrogens with zero attached hydrogens (tertiary/aromatic N) is 2. The largest absolute Gasteiger partial charge is 0.495 e. The number of carbonyl (C=O) groups is 1. The lowest BCUT2D eigenvalue weighted by Gasteiger charge is -2.11. The summed E-state index contributed by atoms with van der Waals surface area (Å²) in [6.45, 7) is 3.75. The van der Waals surface area contributed by atoms with Gasteiger partial charge in [0.25, 0.3) is 5.91 Å². The van der Waals surface area contributed by atoms with Crippen LogP contribution in [0.5, 0.6) is 5.75 Å². The van der Waals surface area contributed by atoms with E-state index >= 15 is 0 Å².